The van der Waals surface area contributed by atoms with Gasteiger partial charge in [0.2, 0.25) is 5.13 Å². The van der Waals surface area contributed by atoms with Crippen molar-refractivity contribution in [3.05, 3.63) is 40.4 Å². The summed E-state index contributed by atoms with van der Waals surface area (Å²) in [4.78, 5) is 12.0. The zero-order valence-corrected chi connectivity index (χ0v) is 10.5. The fraction of sp³-hybridized carbons (Fsp3) is 0.250. The Morgan fingerprint density at radius 1 is 1.35 bits per heavy atom. The van der Waals surface area contributed by atoms with Crippen LogP contribution in [0.15, 0.2) is 24.3 Å². The average molecular weight is 247 g/mol. The number of hydrogen-bond donors (Lipinski definition) is 1. The number of nitrogens with zero attached hydrogens (tertiary/aromatic N) is 2. The van der Waals surface area contributed by atoms with Crippen LogP contribution in [0.5, 0.6) is 0 Å². The van der Waals surface area contributed by atoms with E-state index in [9.17, 15) is 4.79 Å². The van der Waals surface area contributed by atoms with E-state index in [0.717, 1.165) is 17.0 Å². The van der Waals surface area contributed by atoms with Gasteiger partial charge in [0.1, 0.15) is 5.01 Å². The monoisotopic (exact) mass is 247 g/mol. The lowest BCUT2D eigenvalue weighted by Gasteiger charge is -2.03. The Morgan fingerprint density at radius 2 is 2.12 bits per heavy atom. The number of aryl methyl sites for hydroxylation is 2. The van der Waals surface area contributed by atoms with Crippen molar-refractivity contribution in [1.29, 1.82) is 0 Å². The molecule has 0 aliphatic heterocycles. The fourth-order valence-electron chi connectivity index (χ4n) is 1.44. The van der Waals surface area contributed by atoms with Gasteiger partial charge in [-0.15, -0.1) is 10.2 Å². The molecule has 0 atom stereocenters. The molecular weight excluding hydrogens is 234 g/mol. The summed E-state index contributed by atoms with van der Waals surface area (Å²) in [5.74, 6) is -0.137. The highest BCUT2D eigenvalue weighted by Crippen LogP contribution is 2.17. The molecule has 17 heavy (non-hydrogen) atoms. The van der Waals surface area contributed by atoms with E-state index < -0.39 is 0 Å². The number of hydrogen-bond acceptors (Lipinski definition) is 4. The number of carbonyl (C=O) groups is 1. The second-order valence-electron chi connectivity index (χ2n) is 3.62. The first-order valence-electron chi connectivity index (χ1n) is 5.40. The average Bonchev–Trinajstić information content (AvgIpc) is 2.77. The van der Waals surface area contributed by atoms with Gasteiger partial charge in [-0.1, -0.05) is 36.5 Å². The summed E-state index contributed by atoms with van der Waals surface area (Å²) in [7, 11) is 0. The summed E-state index contributed by atoms with van der Waals surface area (Å²) in [5, 5.41) is 12.1. The lowest BCUT2D eigenvalue weighted by atomic mass is 10.1. The SMILES string of the molecule is CCc1nnc(NC(=O)c2ccccc2C)s1. The molecule has 0 unspecified atom stereocenters. The van der Waals surface area contributed by atoms with Crippen LogP contribution in [-0.4, -0.2) is 16.1 Å². The van der Waals surface area contributed by atoms with E-state index in [4.69, 9.17) is 0 Å². The molecule has 88 valence electrons. The largest absolute Gasteiger partial charge is 0.296 e. The smallest absolute Gasteiger partial charge is 0.257 e. The summed E-state index contributed by atoms with van der Waals surface area (Å²) in [6.07, 6.45) is 0.831. The second kappa shape index (κ2) is 5.05. The van der Waals surface area contributed by atoms with Crippen LogP contribution in [0.2, 0.25) is 0 Å². The van der Waals surface area contributed by atoms with Gasteiger partial charge in [0.05, 0.1) is 0 Å². The molecule has 1 heterocycles. The van der Waals surface area contributed by atoms with Gasteiger partial charge in [-0.05, 0) is 25.0 Å². The molecule has 1 N–H and O–H groups in total. The van der Waals surface area contributed by atoms with Gasteiger partial charge in [0.15, 0.2) is 0 Å². The predicted octanol–water partition coefficient (Wildman–Crippen LogP) is 2.66. The Hall–Kier alpha value is -1.75. The third-order valence-corrected chi connectivity index (χ3v) is 3.36. The number of anilines is 1. The number of amides is 1. The number of nitrogens with one attached hydrogen (secondary N) is 1. The first-order chi connectivity index (χ1) is 8.20. The standard InChI is InChI=1S/C12H13N3OS/c1-3-10-14-15-12(17-10)13-11(16)9-7-5-4-6-8(9)2/h4-7H,3H2,1-2H3,(H,13,15,16). The van der Waals surface area contributed by atoms with Crippen molar-refractivity contribution in [2.75, 3.05) is 5.32 Å². The van der Waals surface area contributed by atoms with Gasteiger partial charge in [-0.2, -0.15) is 0 Å². The topological polar surface area (TPSA) is 54.9 Å². The Morgan fingerprint density at radius 3 is 2.76 bits per heavy atom. The number of rotatable bonds is 3. The van der Waals surface area contributed by atoms with Crippen LogP contribution in [0.3, 0.4) is 0 Å². The van der Waals surface area contributed by atoms with Crippen LogP contribution in [0.4, 0.5) is 5.13 Å². The van der Waals surface area contributed by atoms with Crippen LogP contribution in [0.1, 0.15) is 27.9 Å². The minimum Gasteiger partial charge on any atom is -0.296 e. The Bertz CT molecular complexity index is 536. The van der Waals surface area contributed by atoms with E-state index in [1.807, 2.05) is 32.0 Å². The Kier molecular flexibility index (Phi) is 3.49. The highest BCUT2D eigenvalue weighted by Gasteiger charge is 2.11. The Labute approximate surface area is 104 Å². The minimum absolute atomic E-state index is 0.137. The zero-order valence-electron chi connectivity index (χ0n) is 9.73. The maximum absolute atomic E-state index is 12.0. The second-order valence-corrected chi connectivity index (χ2v) is 4.69. The fourth-order valence-corrected chi connectivity index (χ4v) is 2.11. The van der Waals surface area contributed by atoms with Crippen LogP contribution in [0, 0.1) is 6.92 Å². The lowest BCUT2D eigenvalue weighted by molar-refractivity contribution is 0.102. The molecule has 0 fully saturated rings. The van der Waals surface area contributed by atoms with E-state index in [-0.39, 0.29) is 5.91 Å². The van der Waals surface area contributed by atoms with Gasteiger partial charge in [-0.25, -0.2) is 0 Å². The molecule has 2 rings (SSSR count). The van der Waals surface area contributed by atoms with Crippen molar-refractivity contribution < 1.29 is 4.79 Å². The zero-order chi connectivity index (χ0) is 12.3. The summed E-state index contributed by atoms with van der Waals surface area (Å²) in [6.45, 7) is 3.92. The van der Waals surface area contributed by atoms with Gasteiger partial charge in [-0.3, -0.25) is 10.1 Å². The normalized spacial score (nSPS) is 10.2. The molecule has 0 aliphatic rings. The van der Waals surface area contributed by atoms with Gasteiger partial charge in [0, 0.05) is 5.56 Å². The van der Waals surface area contributed by atoms with Crippen molar-refractivity contribution in [1.82, 2.24) is 10.2 Å². The third-order valence-electron chi connectivity index (χ3n) is 2.38. The van der Waals surface area contributed by atoms with Crippen LogP contribution in [-0.2, 0) is 6.42 Å². The summed E-state index contributed by atoms with van der Waals surface area (Å²) < 4.78 is 0. The van der Waals surface area contributed by atoms with Crippen LogP contribution in [0.25, 0.3) is 0 Å². The number of carbonyl (C=O) groups excluding carboxylic acids is 1. The molecule has 5 heteroatoms. The van der Waals surface area contributed by atoms with Crippen LogP contribution < -0.4 is 5.32 Å². The first kappa shape index (κ1) is 11.7. The quantitative estimate of drug-likeness (QED) is 0.907. The molecule has 4 nitrogen and oxygen atoms in total. The van der Waals surface area contributed by atoms with E-state index in [2.05, 4.69) is 15.5 Å². The van der Waals surface area contributed by atoms with Crippen molar-refractivity contribution >= 4 is 22.4 Å². The molecule has 0 bridgehead atoms. The van der Waals surface area contributed by atoms with Crippen LogP contribution >= 0.6 is 11.3 Å². The molecule has 0 saturated heterocycles. The van der Waals surface area contributed by atoms with Gasteiger partial charge in [0.25, 0.3) is 5.91 Å². The Balaban J connectivity index is 2.14. The summed E-state index contributed by atoms with van der Waals surface area (Å²) in [5.41, 5.74) is 1.62. The third kappa shape index (κ3) is 2.68. The molecule has 1 aromatic heterocycles. The molecule has 2 aromatic rings. The predicted molar refractivity (Wildman–Crippen MR) is 68.4 cm³/mol. The van der Waals surface area contributed by atoms with Crippen molar-refractivity contribution in [2.45, 2.75) is 20.3 Å². The van der Waals surface area contributed by atoms with E-state index in [1.54, 1.807) is 6.07 Å². The van der Waals surface area contributed by atoms with Crippen molar-refractivity contribution in [2.24, 2.45) is 0 Å². The summed E-state index contributed by atoms with van der Waals surface area (Å²) >= 11 is 1.41. The van der Waals surface area contributed by atoms with E-state index >= 15 is 0 Å². The van der Waals surface area contributed by atoms with Gasteiger partial charge < -0.3 is 0 Å². The summed E-state index contributed by atoms with van der Waals surface area (Å²) in [6, 6.07) is 7.46. The maximum atomic E-state index is 12.0. The lowest BCUT2D eigenvalue weighted by Crippen LogP contribution is -2.12. The maximum Gasteiger partial charge on any atom is 0.257 e. The molecule has 1 aromatic carbocycles. The number of benzene rings is 1. The minimum atomic E-state index is -0.137. The number of aromatic nitrogens is 2. The molecular formula is C12H13N3OS. The highest BCUT2D eigenvalue weighted by atomic mass is 32.1. The molecule has 1 amide bonds. The molecule has 0 spiro atoms. The molecule has 0 aliphatic carbocycles. The first-order valence-corrected chi connectivity index (χ1v) is 6.21. The van der Waals surface area contributed by atoms with Gasteiger partial charge >= 0.3 is 0 Å². The van der Waals surface area contributed by atoms with E-state index in [0.29, 0.717) is 10.7 Å². The molecule has 0 saturated carbocycles. The van der Waals surface area contributed by atoms with E-state index in [1.165, 1.54) is 11.3 Å². The molecule has 0 radical (unpaired) electrons. The van der Waals surface area contributed by atoms with Crippen molar-refractivity contribution in [3.63, 3.8) is 0 Å². The van der Waals surface area contributed by atoms with Crippen molar-refractivity contribution in [3.8, 4) is 0 Å². The highest BCUT2D eigenvalue weighted by molar-refractivity contribution is 7.15.